The lowest BCUT2D eigenvalue weighted by molar-refractivity contribution is 0.280. The minimum Gasteiger partial charge on any atom is -0.392 e. The molecule has 0 unspecified atom stereocenters. The molecule has 0 saturated carbocycles. The van der Waals surface area contributed by atoms with Gasteiger partial charge in [-0.3, -0.25) is 4.98 Å². The third-order valence-electron chi connectivity index (χ3n) is 1.74. The molecule has 1 rings (SSSR count). The highest BCUT2D eigenvalue weighted by atomic mass is 16.3. The molecule has 0 saturated heterocycles. The third kappa shape index (κ3) is 1.77. The fourth-order valence-electron chi connectivity index (χ4n) is 1.10. The zero-order valence-corrected chi connectivity index (χ0v) is 6.91. The van der Waals surface area contributed by atoms with Crippen LogP contribution < -0.4 is 0 Å². The van der Waals surface area contributed by atoms with Crippen molar-refractivity contribution >= 4 is 0 Å². The molecule has 0 bridgehead atoms. The summed E-state index contributed by atoms with van der Waals surface area (Å²) in [6, 6.07) is 1.86. The average molecular weight is 151 g/mol. The Labute approximate surface area is 66.9 Å². The summed E-state index contributed by atoms with van der Waals surface area (Å²) >= 11 is 0. The van der Waals surface area contributed by atoms with E-state index >= 15 is 0 Å². The van der Waals surface area contributed by atoms with Crippen molar-refractivity contribution in [1.82, 2.24) is 4.98 Å². The second-order valence-electron chi connectivity index (χ2n) is 2.89. The largest absolute Gasteiger partial charge is 0.392 e. The lowest BCUT2D eigenvalue weighted by atomic mass is 10.0. The number of aromatic nitrogens is 1. The topological polar surface area (TPSA) is 33.1 Å². The SMILES string of the molecule is CC(C)c1cnccc1CO. The van der Waals surface area contributed by atoms with Gasteiger partial charge in [0, 0.05) is 12.4 Å². The van der Waals surface area contributed by atoms with Crippen LogP contribution in [0, 0.1) is 0 Å². The third-order valence-corrected chi connectivity index (χ3v) is 1.74. The normalized spacial score (nSPS) is 10.5. The summed E-state index contributed by atoms with van der Waals surface area (Å²) in [6.07, 6.45) is 3.52. The number of hydrogen-bond donors (Lipinski definition) is 1. The quantitative estimate of drug-likeness (QED) is 0.697. The molecule has 11 heavy (non-hydrogen) atoms. The summed E-state index contributed by atoms with van der Waals surface area (Å²) in [5.74, 6) is 0.436. The van der Waals surface area contributed by atoms with E-state index in [2.05, 4.69) is 18.8 Å². The van der Waals surface area contributed by atoms with E-state index in [0.717, 1.165) is 11.1 Å². The smallest absolute Gasteiger partial charge is 0.0685 e. The maximum atomic E-state index is 8.94. The number of pyridine rings is 1. The highest BCUT2D eigenvalue weighted by Gasteiger charge is 2.03. The Bertz CT molecular complexity index is 233. The van der Waals surface area contributed by atoms with Gasteiger partial charge in [-0.1, -0.05) is 13.8 Å². The van der Waals surface area contributed by atoms with Crippen molar-refractivity contribution in [3.63, 3.8) is 0 Å². The molecular formula is C9H13NO. The van der Waals surface area contributed by atoms with E-state index < -0.39 is 0 Å². The van der Waals surface area contributed by atoms with Crippen molar-refractivity contribution in [2.45, 2.75) is 26.4 Å². The predicted molar refractivity (Wildman–Crippen MR) is 44.2 cm³/mol. The van der Waals surface area contributed by atoms with Crippen molar-refractivity contribution in [3.05, 3.63) is 29.6 Å². The van der Waals surface area contributed by atoms with Gasteiger partial charge in [0.25, 0.3) is 0 Å². The molecule has 1 heterocycles. The molecule has 0 fully saturated rings. The summed E-state index contributed by atoms with van der Waals surface area (Å²) in [5, 5.41) is 8.94. The van der Waals surface area contributed by atoms with E-state index in [1.54, 1.807) is 6.20 Å². The Balaban J connectivity index is 3.02. The second-order valence-corrected chi connectivity index (χ2v) is 2.89. The molecule has 1 aromatic rings. The summed E-state index contributed by atoms with van der Waals surface area (Å²) in [7, 11) is 0. The van der Waals surface area contributed by atoms with Gasteiger partial charge in [0.15, 0.2) is 0 Å². The molecule has 0 aliphatic rings. The van der Waals surface area contributed by atoms with Crippen LogP contribution in [0.3, 0.4) is 0 Å². The Hall–Kier alpha value is -0.890. The van der Waals surface area contributed by atoms with Gasteiger partial charge in [-0.15, -0.1) is 0 Å². The molecule has 1 aromatic heterocycles. The van der Waals surface area contributed by atoms with E-state index in [4.69, 9.17) is 5.11 Å². The van der Waals surface area contributed by atoms with E-state index in [0.29, 0.717) is 5.92 Å². The molecule has 0 spiro atoms. The van der Waals surface area contributed by atoms with Gasteiger partial charge in [-0.2, -0.15) is 0 Å². The molecule has 0 aliphatic carbocycles. The van der Waals surface area contributed by atoms with Gasteiger partial charge in [0.05, 0.1) is 6.61 Å². The minimum atomic E-state index is 0.107. The highest BCUT2D eigenvalue weighted by molar-refractivity contribution is 5.25. The summed E-state index contributed by atoms with van der Waals surface area (Å²) in [4.78, 5) is 4.00. The Morgan fingerprint density at radius 2 is 2.27 bits per heavy atom. The van der Waals surface area contributed by atoms with Gasteiger partial charge in [-0.25, -0.2) is 0 Å². The predicted octanol–water partition coefficient (Wildman–Crippen LogP) is 1.70. The van der Waals surface area contributed by atoms with Crippen LogP contribution in [0.25, 0.3) is 0 Å². The Kier molecular flexibility index (Phi) is 2.60. The molecule has 0 aromatic carbocycles. The molecule has 2 nitrogen and oxygen atoms in total. The van der Waals surface area contributed by atoms with Crippen LogP contribution >= 0.6 is 0 Å². The molecule has 1 N–H and O–H groups in total. The Morgan fingerprint density at radius 3 is 2.73 bits per heavy atom. The highest BCUT2D eigenvalue weighted by Crippen LogP contribution is 2.17. The summed E-state index contributed by atoms with van der Waals surface area (Å²) < 4.78 is 0. The van der Waals surface area contributed by atoms with E-state index in [1.165, 1.54) is 0 Å². The van der Waals surface area contributed by atoms with Gasteiger partial charge < -0.3 is 5.11 Å². The van der Waals surface area contributed by atoms with Crippen molar-refractivity contribution in [2.75, 3.05) is 0 Å². The number of rotatable bonds is 2. The fourth-order valence-corrected chi connectivity index (χ4v) is 1.10. The van der Waals surface area contributed by atoms with E-state index in [9.17, 15) is 0 Å². The van der Waals surface area contributed by atoms with Crippen molar-refractivity contribution in [1.29, 1.82) is 0 Å². The second kappa shape index (κ2) is 3.49. The van der Waals surface area contributed by atoms with E-state index in [1.807, 2.05) is 12.3 Å². The zero-order valence-electron chi connectivity index (χ0n) is 6.91. The van der Waals surface area contributed by atoms with Crippen molar-refractivity contribution < 1.29 is 5.11 Å². The van der Waals surface area contributed by atoms with Crippen LogP contribution in [-0.2, 0) is 6.61 Å². The molecule has 0 aliphatic heterocycles. The first kappa shape index (κ1) is 8.21. The van der Waals surface area contributed by atoms with Crippen LogP contribution in [0.2, 0.25) is 0 Å². The molecular weight excluding hydrogens is 138 g/mol. The van der Waals surface area contributed by atoms with Gasteiger partial charge in [0.1, 0.15) is 0 Å². The van der Waals surface area contributed by atoms with Gasteiger partial charge >= 0.3 is 0 Å². The molecule has 0 amide bonds. The van der Waals surface area contributed by atoms with Gasteiger partial charge in [-0.05, 0) is 23.1 Å². The molecule has 0 atom stereocenters. The molecule has 60 valence electrons. The number of hydrogen-bond acceptors (Lipinski definition) is 2. The van der Waals surface area contributed by atoms with Crippen LogP contribution in [0.5, 0.6) is 0 Å². The molecule has 2 heteroatoms. The van der Waals surface area contributed by atoms with Crippen LogP contribution in [0.4, 0.5) is 0 Å². The first-order valence-electron chi connectivity index (χ1n) is 3.79. The van der Waals surface area contributed by atoms with E-state index in [-0.39, 0.29) is 6.61 Å². The van der Waals surface area contributed by atoms with Crippen LogP contribution in [0.15, 0.2) is 18.5 Å². The lowest BCUT2D eigenvalue weighted by Crippen LogP contribution is -1.96. The van der Waals surface area contributed by atoms with Crippen molar-refractivity contribution in [2.24, 2.45) is 0 Å². The van der Waals surface area contributed by atoms with Crippen molar-refractivity contribution in [3.8, 4) is 0 Å². The lowest BCUT2D eigenvalue weighted by Gasteiger charge is -2.08. The Morgan fingerprint density at radius 1 is 1.55 bits per heavy atom. The summed E-state index contributed by atoms with van der Waals surface area (Å²) in [6.45, 7) is 4.29. The monoisotopic (exact) mass is 151 g/mol. The maximum absolute atomic E-state index is 8.94. The first-order valence-corrected chi connectivity index (χ1v) is 3.79. The van der Waals surface area contributed by atoms with Crippen LogP contribution in [-0.4, -0.2) is 10.1 Å². The standard InChI is InChI=1S/C9H13NO/c1-7(2)9-5-10-4-3-8(9)6-11/h3-5,7,11H,6H2,1-2H3. The van der Waals surface area contributed by atoms with Crippen LogP contribution in [0.1, 0.15) is 30.9 Å². The number of nitrogens with zero attached hydrogens (tertiary/aromatic N) is 1. The maximum Gasteiger partial charge on any atom is 0.0685 e. The minimum absolute atomic E-state index is 0.107. The molecule has 0 radical (unpaired) electrons. The fraction of sp³-hybridized carbons (Fsp3) is 0.444. The first-order chi connectivity index (χ1) is 5.25. The van der Waals surface area contributed by atoms with Gasteiger partial charge in [0.2, 0.25) is 0 Å². The zero-order chi connectivity index (χ0) is 8.27. The number of aliphatic hydroxyl groups is 1. The summed E-state index contributed by atoms with van der Waals surface area (Å²) in [5.41, 5.74) is 2.12. The number of aliphatic hydroxyl groups excluding tert-OH is 1. The average Bonchev–Trinajstić information content (AvgIpc) is 2.04.